The third-order valence-electron chi connectivity index (χ3n) is 4.05. The second-order valence-corrected chi connectivity index (χ2v) is 8.33. The molecule has 26 heavy (non-hydrogen) atoms. The predicted octanol–water partition coefficient (Wildman–Crippen LogP) is 2.23. The zero-order valence-electron chi connectivity index (χ0n) is 15.9. The van der Waals surface area contributed by atoms with Gasteiger partial charge in [0.05, 0.1) is 23.4 Å². The van der Waals surface area contributed by atoms with Gasteiger partial charge < -0.3 is 5.32 Å². The second-order valence-electron chi connectivity index (χ2n) is 7.49. The van der Waals surface area contributed by atoms with Crippen LogP contribution in [0.15, 0.2) is 16.2 Å². The van der Waals surface area contributed by atoms with Crippen molar-refractivity contribution in [3.05, 3.63) is 38.9 Å². The average Bonchev–Trinajstić information content (AvgIpc) is 3.01. The number of nitrogens with one attached hydrogen (secondary N) is 1. The summed E-state index contributed by atoms with van der Waals surface area (Å²) in [6.07, 6.45) is 0.128. The van der Waals surface area contributed by atoms with E-state index in [1.54, 1.807) is 4.68 Å². The van der Waals surface area contributed by atoms with Crippen LogP contribution in [0.25, 0.3) is 16.2 Å². The lowest BCUT2D eigenvalue weighted by atomic mass is 10.1. The number of aryl methyl sites for hydroxylation is 3. The number of fused-ring (bicyclic) bond motifs is 1. The van der Waals surface area contributed by atoms with Gasteiger partial charge in [0, 0.05) is 29.4 Å². The second kappa shape index (κ2) is 6.35. The van der Waals surface area contributed by atoms with E-state index in [9.17, 15) is 9.59 Å². The SMILES string of the molecule is Cc1nc2scc(CC(=O)NC(C)(C)C)n2c(=O)c1-c1cc(C)n(C)n1. The number of hydrogen-bond acceptors (Lipinski definition) is 5. The quantitative estimate of drug-likeness (QED) is 0.763. The highest BCUT2D eigenvalue weighted by molar-refractivity contribution is 7.15. The van der Waals surface area contributed by atoms with Gasteiger partial charge in [-0.2, -0.15) is 5.10 Å². The molecule has 0 fully saturated rings. The largest absolute Gasteiger partial charge is 0.351 e. The van der Waals surface area contributed by atoms with Crippen molar-refractivity contribution in [1.82, 2.24) is 24.5 Å². The van der Waals surface area contributed by atoms with Crippen molar-refractivity contribution in [2.75, 3.05) is 0 Å². The first kappa shape index (κ1) is 18.3. The first-order valence-electron chi connectivity index (χ1n) is 8.38. The molecule has 0 saturated heterocycles. The maximum absolute atomic E-state index is 13.2. The summed E-state index contributed by atoms with van der Waals surface area (Å²) in [5.74, 6) is -0.125. The maximum Gasteiger partial charge on any atom is 0.268 e. The number of nitrogens with zero attached hydrogens (tertiary/aromatic N) is 4. The number of carbonyl (C=O) groups excluding carboxylic acids is 1. The molecule has 138 valence electrons. The minimum absolute atomic E-state index is 0.125. The van der Waals surface area contributed by atoms with Gasteiger partial charge in [-0.15, -0.1) is 11.3 Å². The number of rotatable bonds is 3. The Kier molecular flexibility index (Phi) is 4.47. The van der Waals surface area contributed by atoms with Gasteiger partial charge in [-0.1, -0.05) is 0 Å². The van der Waals surface area contributed by atoms with Gasteiger partial charge in [0.25, 0.3) is 5.56 Å². The molecule has 0 saturated carbocycles. The maximum atomic E-state index is 13.2. The summed E-state index contributed by atoms with van der Waals surface area (Å²) in [6.45, 7) is 9.52. The fourth-order valence-electron chi connectivity index (χ4n) is 2.83. The summed E-state index contributed by atoms with van der Waals surface area (Å²) in [7, 11) is 1.84. The zero-order valence-corrected chi connectivity index (χ0v) is 16.7. The number of carbonyl (C=O) groups is 1. The van der Waals surface area contributed by atoms with E-state index in [0.717, 1.165) is 5.69 Å². The van der Waals surface area contributed by atoms with E-state index in [4.69, 9.17) is 0 Å². The molecule has 3 aromatic rings. The van der Waals surface area contributed by atoms with Gasteiger partial charge >= 0.3 is 0 Å². The monoisotopic (exact) mass is 373 g/mol. The van der Waals surface area contributed by atoms with E-state index in [0.29, 0.717) is 27.6 Å². The molecule has 0 atom stereocenters. The molecule has 0 spiro atoms. The summed E-state index contributed by atoms with van der Waals surface area (Å²) in [6, 6.07) is 1.87. The molecule has 8 heteroatoms. The van der Waals surface area contributed by atoms with Crippen LogP contribution in [-0.4, -0.2) is 30.6 Å². The average molecular weight is 373 g/mol. The zero-order chi connectivity index (χ0) is 19.2. The molecule has 0 radical (unpaired) electrons. The first-order valence-corrected chi connectivity index (χ1v) is 9.26. The van der Waals surface area contributed by atoms with Gasteiger partial charge in [-0.05, 0) is 40.7 Å². The molecule has 0 aliphatic rings. The lowest BCUT2D eigenvalue weighted by Crippen LogP contribution is -2.41. The molecular formula is C18H23N5O2S. The Balaban J connectivity index is 2.10. The summed E-state index contributed by atoms with van der Waals surface area (Å²) in [5.41, 5.74) is 2.80. The first-order chi connectivity index (χ1) is 12.1. The molecule has 1 N–H and O–H groups in total. The van der Waals surface area contributed by atoms with Gasteiger partial charge in [-0.25, -0.2) is 4.98 Å². The number of aromatic nitrogens is 4. The van der Waals surface area contributed by atoms with Crippen molar-refractivity contribution in [2.24, 2.45) is 7.05 Å². The minimum atomic E-state index is -0.320. The third-order valence-corrected chi connectivity index (χ3v) is 4.92. The van der Waals surface area contributed by atoms with Crippen LogP contribution in [-0.2, 0) is 18.3 Å². The minimum Gasteiger partial charge on any atom is -0.351 e. The predicted molar refractivity (Wildman–Crippen MR) is 103 cm³/mol. The Morgan fingerprint density at radius 1 is 1.31 bits per heavy atom. The van der Waals surface area contributed by atoms with Crippen molar-refractivity contribution >= 4 is 22.2 Å². The van der Waals surface area contributed by atoms with E-state index in [1.807, 2.05) is 53.1 Å². The molecule has 3 aromatic heterocycles. The highest BCUT2D eigenvalue weighted by Crippen LogP contribution is 2.21. The van der Waals surface area contributed by atoms with E-state index < -0.39 is 0 Å². The summed E-state index contributed by atoms with van der Waals surface area (Å²) in [4.78, 5) is 30.6. The van der Waals surface area contributed by atoms with Crippen molar-refractivity contribution in [2.45, 2.75) is 46.6 Å². The molecule has 0 aliphatic heterocycles. The van der Waals surface area contributed by atoms with Crippen LogP contribution in [0.3, 0.4) is 0 Å². The highest BCUT2D eigenvalue weighted by atomic mass is 32.1. The third kappa shape index (κ3) is 3.41. The van der Waals surface area contributed by atoms with Crippen LogP contribution in [0.2, 0.25) is 0 Å². The smallest absolute Gasteiger partial charge is 0.268 e. The van der Waals surface area contributed by atoms with E-state index in [2.05, 4.69) is 15.4 Å². The molecule has 0 aromatic carbocycles. The van der Waals surface area contributed by atoms with E-state index in [1.165, 1.54) is 15.7 Å². The fraction of sp³-hybridized carbons (Fsp3) is 0.444. The standard InChI is InChI=1S/C18H23N5O2S/c1-10-7-13(21-22(10)6)15-11(2)19-17-23(16(15)25)12(9-26-17)8-14(24)20-18(3,4)5/h7,9H,8H2,1-6H3,(H,20,24). The number of amides is 1. The van der Waals surface area contributed by atoms with Crippen LogP contribution in [0.1, 0.15) is 37.9 Å². The number of thiazole rings is 1. The van der Waals surface area contributed by atoms with Crippen LogP contribution in [0, 0.1) is 13.8 Å². The molecule has 0 aliphatic carbocycles. The van der Waals surface area contributed by atoms with Crippen LogP contribution in [0.5, 0.6) is 0 Å². The molecule has 1 amide bonds. The molecule has 7 nitrogen and oxygen atoms in total. The summed E-state index contributed by atoms with van der Waals surface area (Å²) < 4.78 is 3.26. The molecular weight excluding hydrogens is 350 g/mol. The Labute approximate surface area is 155 Å². The Morgan fingerprint density at radius 2 is 2.00 bits per heavy atom. The molecule has 3 heterocycles. The van der Waals surface area contributed by atoms with Crippen molar-refractivity contribution in [1.29, 1.82) is 0 Å². The lowest BCUT2D eigenvalue weighted by molar-refractivity contribution is -0.121. The Morgan fingerprint density at radius 3 is 2.58 bits per heavy atom. The van der Waals surface area contributed by atoms with E-state index in [-0.39, 0.29) is 23.4 Å². The fourth-order valence-corrected chi connectivity index (χ4v) is 3.76. The van der Waals surface area contributed by atoms with Gasteiger partial charge in [-0.3, -0.25) is 18.7 Å². The van der Waals surface area contributed by atoms with Crippen LogP contribution >= 0.6 is 11.3 Å². The topological polar surface area (TPSA) is 81.3 Å². The van der Waals surface area contributed by atoms with Gasteiger partial charge in [0.1, 0.15) is 0 Å². The lowest BCUT2D eigenvalue weighted by Gasteiger charge is -2.20. The molecule has 0 unspecified atom stereocenters. The van der Waals surface area contributed by atoms with E-state index >= 15 is 0 Å². The van der Waals surface area contributed by atoms with Crippen molar-refractivity contribution in [3.63, 3.8) is 0 Å². The number of hydrogen-bond donors (Lipinski definition) is 1. The van der Waals surface area contributed by atoms with Gasteiger partial charge in [0.15, 0.2) is 4.96 Å². The Hall–Kier alpha value is -2.48. The van der Waals surface area contributed by atoms with Crippen molar-refractivity contribution < 1.29 is 4.79 Å². The highest BCUT2D eigenvalue weighted by Gasteiger charge is 2.20. The van der Waals surface area contributed by atoms with Crippen molar-refractivity contribution in [3.8, 4) is 11.3 Å². The van der Waals surface area contributed by atoms with Crippen LogP contribution in [0.4, 0.5) is 0 Å². The summed E-state index contributed by atoms with van der Waals surface area (Å²) in [5, 5.41) is 9.16. The van der Waals surface area contributed by atoms with Crippen LogP contribution < -0.4 is 10.9 Å². The Bertz CT molecular complexity index is 1030. The summed E-state index contributed by atoms with van der Waals surface area (Å²) >= 11 is 1.36. The molecule has 3 rings (SSSR count). The molecule has 0 bridgehead atoms. The van der Waals surface area contributed by atoms with Gasteiger partial charge in [0.2, 0.25) is 5.91 Å². The normalized spacial score (nSPS) is 11.9.